The molecule has 9 heteroatoms. The third kappa shape index (κ3) is 4.62. The van der Waals surface area contributed by atoms with Gasteiger partial charge in [0.1, 0.15) is 4.83 Å². The molecule has 5 nitrogen and oxygen atoms in total. The Morgan fingerprint density at radius 2 is 1.96 bits per heavy atom. The molecule has 3 aromatic rings. The third-order valence-corrected chi connectivity index (χ3v) is 5.83. The van der Waals surface area contributed by atoms with Crippen LogP contribution in [0.25, 0.3) is 9.53 Å². The van der Waals surface area contributed by atoms with E-state index in [-0.39, 0.29) is 30.7 Å². The minimum absolute atomic E-state index is 0. The maximum absolute atomic E-state index is 12.2. The zero-order valence-corrected chi connectivity index (χ0v) is 16.4. The number of fused-ring (bicyclic) bond motifs is 1. The molecule has 1 aromatic carbocycles. The number of nitrogens with zero attached hydrogens (tertiary/aromatic N) is 1. The van der Waals surface area contributed by atoms with Crippen LogP contribution >= 0.6 is 47.5 Å². The second-order valence-electron chi connectivity index (χ2n) is 5.52. The van der Waals surface area contributed by atoms with Crippen LogP contribution in [0.4, 0.5) is 10.8 Å². The van der Waals surface area contributed by atoms with Crippen molar-refractivity contribution in [2.24, 2.45) is 5.92 Å². The van der Waals surface area contributed by atoms with Crippen molar-refractivity contribution in [1.29, 1.82) is 0 Å². The van der Waals surface area contributed by atoms with Crippen LogP contribution in [0, 0.1) is 5.92 Å². The molecule has 0 unspecified atom stereocenters. The van der Waals surface area contributed by atoms with Crippen molar-refractivity contribution in [3.05, 3.63) is 41.3 Å². The van der Waals surface area contributed by atoms with Crippen molar-refractivity contribution < 1.29 is 4.79 Å². The number of halogens is 2. The van der Waals surface area contributed by atoms with Crippen molar-refractivity contribution in [2.75, 3.05) is 25.0 Å². The summed E-state index contributed by atoms with van der Waals surface area (Å²) in [5.74, 6) is 0.574. The average Bonchev–Trinajstić information content (AvgIpc) is 3.05. The van der Waals surface area contributed by atoms with Gasteiger partial charge in [-0.1, -0.05) is 29.5 Å². The Morgan fingerprint density at radius 3 is 2.60 bits per heavy atom. The van der Waals surface area contributed by atoms with Crippen LogP contribution in [-0.4, -0.2) is 30.5 Å². The van der Waals surface area contributed by atoms with Crippen LogP contribution in [0.15, 0.2) is 36.4 Å². The predicted octanol–water partition coefficient (Wildman–Crippen LogP) is 3.89. The van der Waals surface area contributed by atoms with Gasteiger partial charge in [-0.3, -0.25) is 4.79 Å². The van der Waals surface area contributed by atoms with Crippen molar-refractivity contribution >= 4 is 73.7 Å². The molecule has 134 valence electrons. The summed E-state index contributed by atoms with van der Waals surface area (Å²) in [4.78, 5) is 18.4. The summed E-state index contributed by atoms with van der Waals surface area (Å²) in [6, 6.07) is 11.9. The van der Waals surface area contributed by atoms with Gasteiger partial charge in [-0.2, -0.15) is 0 Å². The fourth-order valence-electron chi connectivity index (χ4n) is 2.36. The smallest absolute Gasteiger partial charge is 0.261 e. The Balaban J connectivity index is 0.00000113. The van der Waals surface area contributed by atoms with Gasteiger partial charge in [-0.25, -0.2) is 4.98 Å². The molecular weight excluding hydrogens is 399 g/mol. The number of nitrogens with one attached hydrogen (secondary N) is 3. The van der Waals surface area contributed by atoms with Crippen molar-refractivity contribution in [2.45, 2.75) is 0 Å². The van der Waals surface area contributed by atoms with Crippen molar-refractivity contribution in [3.63, 3.8) is 0 Å². The Hall–Kier alpha value is -1.38. The maximum atomic E-state index is 12.2. The quantitative estimate of drug-likeness (QED) is 0.589. The van der Waals surface area contributed by atoms with E-state index in [0.717, 1.165) is 44.9 Å². The van der Waals surface area contributed by atoms with E-state index in [1.807, 2.05) is 36.4 Å². The number of anilines is 2. The summed E-state index contributed by atoms with van der Waals surface area (Å²) in [5.41, 5.74) is 1.01. The number of aromatic nitrogens is 1. The monoisotopic (exact) mass is 416 g/mol. The number of benzene rings is 1. The summed E-state index contributed by atoms with van der Waals surface area (Å²) in [7, 11) is 0. The standard InChI is InChI=1S/C16H16N4OS2.2ClH/c21-14(18-9-10-7-17-8-10)12-6-13-15(22-12)20-16(23-13)19-11-4-2-1-3-5-11;;/h1-6,10,17H,7-9H2,(H,18,21)(H,19,20);2*1H. The average molecular weight is 417 g/mol. The van der Waals surface area contributed by atoms with E-state index in [9.17, 15) is 4.79 Å². The van der Waals surface area contributed by atoms with Gasteiger partial charge in [0.25, 0.3) is 5.91 Å². The normalized spacial score (nSPS) is 13.4. The Morgan fingerprint density at radius 1 is 1.20 bits per heavy atom. The topological polar surface area (TPSA) is 66.1 Å². The highest BCUT2D eigenvalue weighted by Crippen LogP contribution is 2.34. The molecule has 0 atom stereocenters. The lowest BCUT2D eigenvalue weighted by molar-refractivity contribution is 0.0946. The zero-order valence-electron chi connectivity index (χ0n) is 13.2. The molecule has 2 aromatic heterocycles. The summed E-state index contributed by atoms with van der Waals surface area (Å²) >= 11 is 3.01. The van der Waals surface area contributed by atoms with E-state index in [0.29, 0.717) is 5.92 Å². The van der Waals surface area contributed by atoms with E-state index in [2.05, 4.69) is 20.9 Å². The first-order valence-electron chi connectivity index (χ1n) is 7.49. The van der Waals surface area contributed by atoms with Gasteiger partial charge in [0.15, 0.2) is 5.13 Å². The number of hydrogen-bond donors (Lipinski definition) is 3. The first-order chi connectivity index (χ1) is 11.3. The minimum Gasteiger partial charge on any atom is -0.351 e. The molecule has 0 saturated carbocycles. The Bertz CT molecular complexity index is 802. The van der Waals surface area contributed by atoms with Crippen LogP contribution in [0.1, 0.15) is 9.67 Å². The van der Waals surface area contributed by atoms with Crippen molar-refractivity contribution in [1.82, 2.24) is 15.6 Å². The molecule has 4 rings (SSSR count). The lowest BCUT2D eigenvalue weighted by Crippen LogP contribution is -2.48. The lowest BCUT2D eigenvalue weighted by Gasteiger charge is -2.26. The number of rotatable bonds is 5. The SMILES string of the molecule is Cl.Cl.O=C(NCC1CNC1)c1cc2sc(Nc3ccccc3)nc2s1. The molecule has 3 N–H and O–H groups in total. The molecule has 0 radical (unpaired) electrons. The van der Waals surface area contributed by atoms with Gasteiger partial charge in [-0.05, 0) is 18.2 Å². The van der Waals surface area contributed by atoms with Crippen LogP contribution in [0.5, 0.6) is 0 Å². The molecule has 25 heavy (non-hydrogen) atoms. The van der Waals surface area contributed by atoms with E-state index < -0.39 is 0 Å². The maximum Gasteiger partial charge on any atom is 0.261 e. The molecule has 3 heterocycles. The number of carbonyl (C=O) groups is 1. The summed E-state index contributed by atoms with van der Waals surface area (Å²) in [6.07, 6.45) is 0. The molecule has 0 spiro atoms. The van der Waals surface area contributed by atoms with E-state index in [1.54, 1.807) is 11.3 Å². The predicted molar refractivity (Wildman–Crippen MR) is 110 cm³/mol. The highest BCUT2D eigenvalue weighted by Gasteiger charge is 2.19. The van der Waals surface area contributed by atoms with E-state index in [1.165, 1.54) is 11.3 Å². The number of hydrogen-bond acceptors (Lipinski definition) is 6. The molecule has 0 bridgehead atoms. The Labute approximate surface area is 166 Å². The number of para-hydroxylation sites is 1. The van der Waals surface area contributed by atoms with Crippen LogP contribution in [0.2, 0.25) is 0 Å². The number of thiophene rings is 1. The fraction of sp³-hybridized carbons (Fsp3) is 0.250. The van der Waals surface area contributed by atoms with Crippen LogP contribution in [-0.2, 0) is 0 Å². The number of carbonyl (C=O) groups excluding carboxylic acids is 1. The first kappa shape index (κ1) is 19.9. The molecule has 1 fully saturated rings. The fourth-order valence-corrected chi connectivity index (χ4v) is 4.41. The Kier molecular flexibility index (Phi) is 7.04. The molecular formula is C16H18Cl2N4OS2. The van der Waals surface area contributed by atoms with Gasteiger partial charge in [0.2, 0.25) is 0 Å². The van der Waals surface area contributed by atoms with Gasteiger partial charge in [0.05, 0.1) is 9.58 Å². The van der Waals surface area contributed by atoms with Gasteiger partial charge in [-0.15, -0.1) is 36.2 Å². The molecule has 1 aliphatic heterocycles. The zero-order chi connectivity index (χ0) is 15.6. The highest BCUT2D eigenvalue weighted by molar-refractivity contribution is 7.29. The number of thiazole rings is 1. The highest BCUT2D eigenvalue weighted by atomic mass is 35.5. The van der Waals surface area contributed by atoms with Gasteiger partial charge in [0, 0.05) is 31.2 Å². The second kappa shape index (κ2) is 8.82. The molecule has 0 aliphatic carbocycles. The number of amides is 1. The lowest BCUT2D eigenvalue weighted by atomic mass is 10.0. The van der Waals surface area contributed by atoms with Crippen LogP contribution in [0.3, 0.4) is 0 Å². The van der Waals surface area contributed by atoms with Crippen LogP contribution < -0.4 is 16.0 Å². The summed E-state index contributed by atoms with van der Waals surface area (Å²) in [5, 5.41) is 10.3. The third-order valence-electron chi connectivity index (χ3n) is 3.76. The first-order valence-corrected chi connectivity index (χ1v) is 9.12. The second-order valence-corrected chi connectivity index (χ2v) is 7.59. The van der Waals surface area contributed by atoms with Gasteiger partial charge >= 0.3 is 0 Å². The molecule has 1 amide bonds. The van der Waals surface area contributed by atoms with Gasteiger partial charge < -0.3 is 16.0 Å². The molecule has 1 aliphatic rings. The largest absolute Gasteiger partial charge is 0.351 e. The summed E-state index contributed by atoms with van der Waals surface area (Å²) < 4.78 is 1.05. The van der Waals surface area contributed by atoms with E-state index in [4.69, 9.17) is 0 Å². The van der Waals surface area contributed by atoms with Crippen molar-refractivity contribution in [3.8, 4) is 0 Å². The minimum atomic E-state index is 0. The molecule has 1 saturated heterocycles. The van der Waals surface area contributed by atoms with E-state index >= 15 is 0 Å². The summed E-state index contributed by atoms with van der Waals surface area (Å²) in [6.45, 7) is 2.73.